The molecular weight excluding hydrogens is 314 g/mol. The summed E-state index contributed by atoms with van der Waals surface area (Å²) in [6.45, 7) is 1.77. The molecule has 0 fully saturated rings. The fourth-order valence-electron chi connectivity index (χ4n) is 2.26. The lowest BCUT2D eigenvalue weighted by Gasteiger charge is -2.21. The van der Waals surface area contributed by atoms with E-state index in [1.165, 1.54) is 24.4 Å². The van der Waals surface area contributed by atoms with Crippen LogP contribution in [0.4, 0.5) is 5.82 Å². The molecule has 0 aliphatic carbocycles. The number of carbonyl (C=O) groups excluding carboxylic acids is 1. The number of aromatic nitrogens is 4. The lowest BCUT2D eigenvalue weighted by atomic mass is 10.0. The molecule has 0 saturated carbocycles. The number of methoxy groups -OCH3 is 1. The van der Waals surface area contributed by atoms with Crippen LogP contribution in [0.15, 0.2) is 35.3 Å². The molecule has 126 valence electrons. The lowest BCUT2D eigenvalue weighted by Crippen LogP contribution is -2.30. The highest BCUT2D eigenvalue weighted by atomic mass is 16.5. The third-order valence-electron chi connectivity index (χ3n) is 3.59. The summed E-state index contributed by atoms with van der Waals surface area (Å²) < 4.78 is 11.3. The van der Waals surface area contributed by atoms with E-state index in [-0.39, 0.29) is 13.1 Å². The summed E-state index contributed by atoms with van der Waals surface area (Å²) in [7, 11) is 1.31. The van der Waals surface area contributed by atoms with Crippen molar-refractivity contribution in [1.82, 2.24) is 19.7 Å². The summed E-state index contributed by atoms with van der Waals surface area (Å²) in [5, 5.41) is 18.3. The van der Waals surface area contributed by atoms with E-state index in [0.29, 0.717) is 22.6 Å². The number of fused-ring (bicyclic) bond motifs is 1. The van der Waals surface area contributed by atoms with Gasteiger partial charge in [-0.2, -0.15) is 5.10 Å². The summed E-state index contributed by atoms with van der Waals surface area (Å²) in [4.78, 5) is 19.7. The van der Waals surface area contributed by atoms with E-state index in [9.17, 15) is 9.90 Å². The van der Waals surface area contributed by atoms with E-state index in [1.807, 2.05) is 0 Å². The molecule has 2 N–H and O–H groups in total. The molecule has 24 heavy (non-hydrogen) atoms. The summed E-state index contributed by atoms with van der Waals surface area (Å²) >= 11 is 0. The Morgan fingerprint density at radius 1 is 1.50 bits per heavy atom. The van der Waals surface area contributed by atoms with Crippen LogP contribution in [0.25, 0.3) is 11.0 Å². The zero-order chi connectivity index (χ0) is 17.2. The predicted octanol–water partition coefficient (Wildman–Crippen LogP) is 0.912. The van der Waals surface area contributed by atoms with E-state index < -0.39 is 11.6 Å². The first-order chi connectivity index (χ1) is 11.5. The molecule has 0 aliphatic rings. The Hall–Kier alpha value is -2.94. The highest BCUT2D eigenvalue weighted by Crippen LogP contribution is 2.24. The average molecular weight is 331 g/mol. The van der Waals surface area contributed by atoms with Gasteiger partial charge in [0.1, 0.15) is 30.1 Å². The summed E-state index contributed by atoms with van der Waals surface area (Å²) in [6.07, 6.45) is 4.42. The fraction of sp³-hybridized carbons (Fsp3) is 0.333. The molecule has 0 aliphatic heterocycles. The Kier molecular flexibility index (Phi) is 4.17. The van der Waals surface area contributed by atoms with E-state index in [0.717, 1.165) is 0 Å². The van der Waals surface area contributed by atoms with Gasteiger partial charge in [-0.25, -0.2) is 14.6 Å². The number of esters is 1. The number of anilines is 1. The number of hydrogen-bond acceptors (Lipinski definition) is 8. The van der Waals surface area contributed by atoms with Crippen molar-refractivity contribution in [2.24, 2.45) is 0 Å². The second-order valence-electron chi connectivity index (χ2n) is 5.44. The maximum atomic E-state index is 11.4. The Labute approximate surface area is 137 Å². The number of nitrogens with one attached hydrogen (secondary N) is 1. The SMILES string of the molecule is COC(=O)Cn1ncc2c(NCC(C)(O)c3ccco3)ncnc21. The molecule has 3 aromatic heterocycles. The van der Waals surface area contributed by atoms with Crippen molar-refractivity contribution in [2.45, 2.75) is 19.1 Å². The number of rotatable bonds is 6. The summed E-state index contributed by atoms with van der Waals surface area (Å²) in [5.41, 5.74) is -0.710. The molecule has 9 heteroatoms. The molecule has 0 radical (unpaired) electrons. The van der Waals surface area contributed by atoms with Gasteiger partial charge in [-0.3, -0.25) is 4.79 Å². The standard InChI is InChI=1S/C15H17N5O4/c1-15(22,11-4-3-5-24-11)8-16-13-10-6-19-20(7-12(21)23-2)14(10)18-9-17-13/h3-6,9,22H,7-8H2,1-2H3,(H,16,17,18). The van der Waals surface area contributed by atoms with Gasteiger partial charge in [0.15, 0.2) is 5.65 Å². The number of aliphatic hydroxyl groups is 1. The number of nitrogens with zero attached hydrogens (tertiary/aromatic N) is 4. The van der Waals surface area contributed by atoms with Gasteiger partial charge in [0, 0.05) is 0 Å². The number of ether oxygens (including phenoxy) is 1. The van der Waals surface area contributed by atoms with Crippen LogP contribution in [0.5, 0.6) is 0 Å². The average Bonchev–Trinajstić information content (AvgIpc) is 3.23. The van der Waals surface area contributed by atoms with E-state index in [1.54, 1.807) is 25.3 Å². The van der Waals surface area contributed by atoms with Crippen molar-refractivity contribution >= 4 is 22.8 Å². The van der Waals surface area contributed by atoms with Gasteiger partial charge in [0.25, 0.3) is 0 Å². The van der Waals surface area contributed by atoms with Gasteiger partial charge >= 0.3 is 5.97 Å². The van der Waals surface area contributed by atoms with Gasteiger partial charge < -0.3 is 19.6 Å². The van der Waals surface area contributed by atoms with Gasteiger partial charge in [0.05, 0.1) is 31.5 Å². The highest BCUT2D eigenvalue weighted by Gasteiger charge is 2.26. The van der Waals surface area contributed by atoms with Gasteiger partial charge in [-0.15, -0.1) is 0 Å². The molecule has 3 heterocycles. The van der Waals surface area contributed by atoms with Crippen molar-refractivity contribution in [2.75, 3.05) is 19.0 Å². The topological polar surface area (TPSA) is 115 Å². The molecule has 0 bridgehead atoms. The normalized spacial score (nSPS) is 13.6. The molecule has 0 aromatic carbocycles. The number of carbonyl (C=O) groups is 1. The third-order valence-corrected chi connectivity index (χ3v) is 3.59. The quantitative estimate of drug-likeness (QED) is 0.641. The Balaban J connectivity index is 1.82. The maximum Gasteiger partial charge on any atom is 0.327 e. The van der Waals surface area contributed by atoms with Crippen LogP contribution in [0.2, 0.25) is 0 Å². The van der Waals surface area contributed by atoms with Crippen LogP contribution in [-0.2, 0) is 21.7 Å². The minimum atomic E-state index is -1.21. The minimum absolute atomic E-state index is 0.0411. The van der Waals surface area contributed by atoms with Gasteiger partial charge in [-0.05, 0) is 19.1 Å². The van der Waals surface area contributed by atoms with Crippen LogP contribution >= 0.6 is 0 Å². The van der Waals surface area contributed by atoms with Crippen LogP contribution in [-0.4, -0.2) is 44.5 Å². The zero-order valence-electron chi connectivity index (χ0n) is 13.3. The molecular formula is C15H17N5O4. The maximum absolute atomic E-state index is 11.4. The second kappa shape index (κ2) is 6.28. The van der Waals surface area contributed by atoms with E-state index in [4.69, 9.17) is 4.42 Å². The summed E-state index contributed by atoms with van der Waals surface area (Å²) in [5.74, 6) is 0.526. The molecule has 3 aromatic rings. The van der Waals surface area contributed by atoms with Crippen LogP contribution < -0.4 is 5.32 Å². The lowest BCUT2D eigenvalue weighted by molar-refractivity contribution is -0.141. The Morgan fingerprint density at radius 3 is 3.04 bits per heavy atom. The largest absolute Gasteiger partial charge is 0.468 e. The monoisotopic (exact) mass is 331 g/mol. The third kappa shape index (κ3) is 3.06. The first-order valence-electron chi connectivity index (χ1n) is 7.25. The molecule has 1 atom stereocenters. The Morgan fingerprint density at radius 2 is 2.33 bits per heavy atom. The van der Waals surface area contributed by atoms with Crippen molar-refractivity contribution < 1.29 is 19.1 Å². The number of hydrogen-bond donors (Lipinski definition) is 2. The zero-order valence-corrected chi connectivity index (χ0v) is 13.3. The molecule has 0 amide bonds. The van der Waals surface area contributed by atoms with Crippen LogP contribution in [0, 0.1) is 0 Å². The smallest absolute Gasteiger partial charge is 0.327 e. The van der Waals surface area contributed by atoms with Crippen molar-refractivity contribution in [3.63, 3.8) is 0 Å². The first kappa shape index (κ1) is 15.9. The van der Waals surface area contributed by atoms with Crippen molar-refractivity contribution in [3.8, 4) is 0 Å². The van der Waals surface area contributed by atoms with Crippen molar-refractivity contribution in [1.29, 1.82) is 0 Å². The molecule has 9 nitrogen and oxygen atoms in total. The molecule has 0 saturated heterocycles. The molecule has 3 rings (SSSR count). The van der Waals surface area contributed by atoms with Crippen molar-refractivity contribution in [3.05, 3.63) is 36.7 Å². The highest BCUT2D eigenvalue weighted by molar-refractivity contribution is 5.86. The fourth-order valence-corrected chi connectivity index (χ4v) is 2.26. The van der Waals surface area contributed by atoms with Crippen LogP contribution in [0.1, 0.15) is 12.7 Å². The number of furan rings is 1. The molecule has 1 unspecified atom stereocenters. The second-order valence-corrected chi connectivity index (χ2v) is 5.44. The Bertz CT molecular complexity index is 841. The van der Waals surface area contributed by atoms with E-state index in [2.05, 4.69) is 25.1 Å². The first-order valence-corrected chi connectivity index (χ1v) is 7.25. The summed E-state index contributed by atoms with van der Waals surface area (Å²) in [6, 6.07) is 3.41. The molecule has 0 spiro atoms. The predicted molar refractivity (Wildman–Crippen MR) is 84.1 cm³/mol. The van der Waals surface area contributed by atoms with E-state index >= 15 is 0 Å². The van der Waals surface area contributed by atoms with Crippen LogP contribution in [0.3, 0.4) is 0 Å². The minimum Gasteiger partial charge on any atom is -0.468 e. The van der Waals surface area contributed by atoms with Gasteiger partial charge in [0.2, 0.25) is 0 Å². The van der Waals surface area contributed by atoms with Gasteiger partial charge in [-0.1, -0.05) is 0 Å².